The fraction of sp³-hybridized carbons (Fsp3) is 0.727. The van der Waals surface area contributed by atoms with Gasteiger partial charge in [-0.3, -0.25) is 15.0 Å². The fourth-order valence-corrected chi connectivity index (χ4v) is 12.1. The van der Waals surface area contributed by atoms with Crippen LogP contribution in [0.5, 0.6) is 0 Å². The molecule has 258 valence electrons. The average molecular weight is 682 g/mol. The lowest BCUT2D eigenvalue weighted by Crippen LogP contribution is -2.46. The lowest BCUT2D eigenvalue weighted by atomic mass is 10.1. The number of hydrogen-bond donors (Lipinski definition) is 0. The van der Waals surface area contributed by atoms with E-state index in [0.29, 0.717) is 39.6 Å². The highest BCUT2D eigenvalue weighted by atomic mass is 28.4. The largest absolute Gasteiger partial charge is 0.500 e. The van der Waals surface area contributed by atoms with Crippen molar-refractivity contribution in [2.24, 2.45) is 15.0 Å². The SMILES string of the molecule is CCO[Si](C)(C)CCCN=Cc1cc(C=NCCC[Si](C)(OCC)OCC)cc(C=NCCC[Si](OCC)(OCC)OCC)c1. The van der Waals surface area contributed by atoms with Crippen LogP contribution in [-0.2, 0) is 26.6 Å². The zero-order chi connectivity index (χ0) is 33.4. The van der Waals surface area contributed by atoms with E-state index in [1.54, 1.807) is 0 Å². The Hall–Kier alpha value is -1.36. The maximum atomic E-state index is 5.99. The van der Waals surface area contributed by atoms with Crippen LogP contribution in [0.3, 0.4) is 0 Å². The van der Waals surface area contributed by atoms with Crippen LogP contribution in [-0.4, -0.2) is 104 Å². The first-order valence-electron chi connectivity index (χ1n) is 17.1. The number of rotatable bonds is 27. The van der Waals surface area contributed by atoms with Crippen LogP contribution in [0, 0.1) is 0 Å². The monoisotopic (exact) mass is 681 g/mol. The molecule has 0 saturated heterocycles. The highest BCUT2D eigenvalue weighted by Gasteiger charge is 2.39. The van der Waals surface area contributed by atoms with Crippen LogP contribution in [0.15, 0.2) is 33.2 Å². The average Bonchev–Trinajstić information content (AvgIpc) is 2.97. The number of aliphatic imine (C=N–C) groups is 3. The molecule has 9 nitrogen and oxygen atoms in total. The molecule has 0 aliphatic rings. The molecule has 1 aromatic rings. The van der Waals surface area contributed by atoms with E-state index in [1.807, 2.05) is 53.3 Å². The Kier molecular flexibility index (Phi) is 22.1. The van der Waals surface area contributed by atoms with Crippen molar-refractivity contribution in [2.45, 2.75) is 98.6 Å². The van der Waals surface area contributed by atoms with Gasteiger partial charge in [0.15, 0.2) is 8.32 Å². The van der Waals surface area contributed by atoms with E-state index in [0.717, 1.165) is 73.8 Å². The van der Waals surface area contributed by atoms with Crippen molar-refractivity contribution in [3.63, 3.8) is 0 Å². The summed E-state index contributed by atoms with van der Waals surface area (Å²) in [5.74, 6) is 0. The van der Waals surface area contributed by atoms with Crippen molar-refractivity contribution >= 4 is 44.3 Å². The minimum Gasteiger partial charge on any atom is -0.418 e. The van der Waals surface area contributed by atoms with Gasteiger partial charge in [0.1, 0.15) is 0 Å². The molecule has 0 N–H and O–H groups in total. The smallest absolute Gasteiger partial charge is 0.418 e. The molecule has 0 amide bonds. The summed E-state index contributed by atoms with van der Waals surface area (Å²) in [4.78, 5) is 14.2. The second kappa shape index (κ2) is 23.9. The summed E-state index contributed by atoms with van der Waals surface area (Å²) in [6, 6.07) is 9.18. The van der Waals surface area contributed by atoms with Crippen LogP contribution in [0.1, 0.15) is 77.5 Å². The van der Waals surface area contributed by atoms with Crippen LogP contribution in [0.4, 0.5) is 0 Å². The molecule has 45 heavy (non-hydrogen) atoms. The number of nitrogens with zero attached hydrogens (tertiary/aromatic N) is 3. The van der Waals surface area contributed by atoms with Crippen molar-refractivity contribution < 1.29 is 26.6 Å². The molecule has 0 radical (unpaired) electrons. The van der Waals surface area contributed by atoms with Crippen molar-refractivity contribution in [1.29, 1.82) is 0 Å². The zero-order valence-electron chi connectivity index (χ0n) is 29.9. The van der Waals surface area contributed by atoms with Gasteiger partial charge in [-0.1, -0.05) is 0 Å². The molecule has 0 atom stereocenters. The van der Waals surface area contributed by atoms with Gasteiger partial charge in [0, 0.05) is 84.0 Å². The molecular formula is C33H63N3O6Si3. The van der Waals surface area contributed by atoms with Crippen LogP contribution >= 0.6 is 0 Å². The highest BCUT2D eigenvalue weighted by molar-refractivity contribution is 6.71. The van der Waals surface area contributed by atoms with E-state index in [1.165, 1.54) is 0 Å². The quantitative estimate of drug-likeness (QED) is 0.0541. The molecule has 1 rings (SSSR count). The number of benzene rings is 1. The van der Waals surface area contributed by atoms with E-state index < -0.39 is 25.7 Å². The van der Waals surface area contributed by atoms with Crippen LogP contribution < -0.4 is 0 Å². The van der Waals surface area contributed by atoms with Crippen molar-refractivity contribution in [2.75, 3.05) is 59.3 Å². The molecule has 1 aromatic carbocycles. The van der Waals surface area contributed by atoms with Gasteiger partial charge in [0.05, 0.1) is 0 Å². The van der Waals surface area contributed by atoms with E-state index in [9.17, 15) is 0 Å². The maximum Gasteiger partial charge on any atom is 0.500 e. The van der Waals surface area contributed by atoms with Gasteiger partial charge in [0.2, 0.25) is 0 Å². The molecular weight excluding hydrogens is 619 g/mol. The number of hydrogen-bond acceptors (Lipinski definition) is 9. The summed E-state index contributed by atoms with van der Waals surface area (Å²) in [6.07, 6.45) is 8.68. The summed E-state index contributed by atoms with van der Waals surface area (Å²) >= 11 is 0. The molecule has 0 unspecified atom stereocenters. The first-order valence-corrected chi connectivity index (χ1v) is 24.7. The fourth-order valence-electron chi connectivity index (χ4n) is 5.17. The van der Waals surface area contributed by atoms with Gasteiger partial charge < -0.3 is 26.6 Å². The Morgan fingerprint density at radius 2 is 0.844 bits per heavy atom. The minimum atomic E-state index is -2.65. The zero-order valence-corrected chi connectivity index (χ0v) is 32.9. The van der Waals surface area contributed by atoms with E-state index in [4.69, 9.17) is 41.5 Å². The summed E-state index contributed by atoms with van der Waals surface area (Å²) in [7, 11) is -6.36. The molecule has 0 aliphatic carbocycles. The third kappa shape index (κ3) is 18.5. The van der Waals surface area contributed by atoms with Crippen molar-refractivity contribution in [3.8, 4) is 0 Å². The predicted octanol–water partition coefficient (Wildman–Crippen LogP) is 7.55. The Bertz CT molecular complexity index is 987. The Morgan fingerprint density at radius 3 is 1.22 bits per heavy atom. The first kappa shape index (κ1) is 41.7. The summed E-state index contributed by atoms with van der Waals surface area (Å²) in [5.41, 5.74) is 3.11. The van der Waals surface area contributed by atoms with Gasteiger partial charge >= 0.3 is 17.4 Å². The minimum absolute atomic E-state index is 0.584. The molecule has 0 aromatic heterocycles. The molecule has 0 fully saturated rings. The summed E-state index contributed by atoms with van der Waals surface area (Å²) in [6.45, 7) is 24.9. The van der Waals surface area contributed by atoms with E-state index in [2.05, 4.69) is 44.8 Å². The molecule has 0 heterocycles. The van der Waals surface area contributed by atoms with Gasteiger partial charge in [-0.05, 0) is 127 Å². The predicted molar refractivity (Wildman–Crippen MR) is 197 cm³/mol. The normalized spacial score (nSPS) is 13.3. The summed E-state index contributed by atoms with van der Waals surface area (Å²) in [5, 5.41) is 0. The second-order valence-corrected chi connectivity index (χ2v) is 21.9. The second-order valence-electron chi connectivity index (χ2n) is 11.5. The molecule has 0 aliphatic heterocycles. The molecule has 12 heteroatoms. The molecule has 0 saturated carbocycles. The van der Waals surface area contributed by atoms with E-state index >= 15 is 0 Å². The van der Waals surface area contributed by atoms with Gasteiger partial charge in [-0.15, -0.1) is 0 Å². The third-order valence-electron chi connectivity index (χ3n) is 7.00. The summed E-state index contributed by atoms with van der Waals surface area (Å²) < 4.78 is 35.9. The lowest BCUT2D eigenvalue weighted by Gasteiger charge is -2.28. The molecule has 0 spiro atoms. The van der Waals surface area contributed by atoms with Crippen LogP contribution in [0.25, 0.3) is 0 Å². The van der Waals surface area contributed by atoms with Gasteiger partial charge in [-0.2, -0.15) is 0 Å². The molecule has 0 bridgehead atoms. The third-order valence-corrected chi connectivity index (χ3v) is 15.8. The topological polar surface area (TPSA) is 92.5 Å². The van der Waals surface area contributed by atoms with Gasteiger partial charge in [-0.25, -0.2) is 0 Å². The lowest BCUT2D eigenvalue weighted by molar-refractivity contribution is 0.0710. The van der Waals surface area contributed by atoms with Crippen molar-refractivity contribution in [1.82, 2.24) is 0 Å². The Morgan fingerprint density at radius 1 is 0.489 bits per heavy atom. The van der Waals surface area contributed by atoms with Crippen LogP contribution in [0.2, 0.25) is 37.8 Å². The Balaban J connectivity index is 2.96. The van der Waals surface area contributed by atoms with E-state index in [-0.39, 0.29) is 0 Å². The van der Waals surface area contributed by atoms with Crippen molar-refractivity contribution in [3.05, 3.63) is 34.9 Å². The Labute approximate surface area is 278 Å². The first-order chi connectivity index (χ1) is 21.6. The standard InChI is InChI=1S/C33H63N3O6Si3/c1-10-37-43(7,8)22-16-19-34-28-31-25-32(29-35-20-17-23-44(9,38-11-2)39-12-3)27-33(26-31)30-36-21-18-24-45(40-13-4,41-14-5)42-15-6/h25-30H,10-24H2,1-9H3. The van der Waals surface area contributed by atoms with Gasteiger partial charge in [0.25, 0.3) is 0 Å². The maximum absolute atomic E-state index is 5.99. The highest BCUT2D eigenvalue weighted by Crippen LogP contribution is 2.19.